The van der Waals surface area contributed by atoms with Crippen LogP contribution in [0.1, 0.15) is 25.0 Å². The molecule has 2 aromatic rings. The van der Waals surface area contributed by atoms with Gasteiger partial charge in [-0.2, -0.15) is 0 Å². The SMILES string of the molecule is C=CCC(C)Oc1ccccc1OC(c1ccccc1)C1CNCCO1. The minimum absolute atomic E-state index is 0.0417. The Morgan fingerprint density at radius 1 is 1.12 bits per heavy atom. The van der Waals surface area contributed by atoms with E-state index in [1.54, 1.807) is 0 Å². The van der Waals surface area contributed by atoms with Crippen molar-refractivity contribution in [3.05, 3.63) is 72.8 Å². The van der Waals surface area contributed by atoms with Crippen LogP contribution >= 0.6 is 0 Å². The number of rotatable bonds is 8. The molecule has 0 aromatic heterocycles. The average Bonchev–Trinajstić information content (AvgIpc) is 2.69. The number of hydrogen-bond donors (Lipinski definition) is 1. The third kappa shape index (κ3) is 4.87. The van der Waals surface area contributed by atoms with Crippen LogP contribution in [0.5, 0.6) is 11.5 Å². The zero-order chi connectivity index (χ0) is 18.2. The number of ether oxygens (including phenoxy) is 3. The summed E-state index contributed by atoms with van der Waals surface area (Å²) < 4.78 is 18.5. The average molecular weight is 353 g/mol. The lowest BCUT2D eigenvalue weighted by atomic mass is 10.0. The van der Waals surface area contributed by atoms with Gasteiger partial charge in [0.1, 0.15) is 6.10 Å². The molecule has 1 aliphatic heterocycles. The first-order valence-corrected chi connectivity index (χ1v) is 9.18. The van der Waals surface area contributed by atoms with Crippen LogP contribution in [0.2, 0.25) is 0 Å². The molecule has 0 spiro atoms. The van der Waals surface area contributed by atoms with Crippen molar-refractivity contribution in [3.63, 3.8) is 0 Å². The smallest absolute Gasteiger partial charge is 0.162 e. The van der Waals surface area contributed by atoms with Crippen molar-refractivity contribution < 1.29 is 14.2 Å². The highest BCUT2D eigenvalue weighted by Gasteiger charge is 2.28. The van der Waals surface area contributed by atoms with Crippen molar-refractivity contribution in [3.8, 4) is 11.5 Å². The molecule has 4 nitrogen and oxygen atoms in total. The molecule has 3 rings (SSSR count). The van der Waals surface area contributed by atoms with Crippen molar-refractivity contribution in [1.82, 2.24) is 5.32 Å². The Morgan fingerprint density at radius 3 is 2.46 bits per heavy atom. The van der Waals surface area contributed by atoms with Gasteiger partial charge in [0.25, 0.3) is 0 Å². The van der Waals surface area contributed by atoms with E-state index < -0.39 is 0 Å². The lowest BCUT2D eigenvalue weighted by Crippen LogP contribution is -2.43. The van der Waals surface area contributed by atoms with Crippen LogP contribution in [0.3, 0.4) is 0 Å². The van der Waals surface area contributed by atoms with Crippen molar-refractivity contribution in [2.45, 2.75) is 31.7 Å². The topological polar surface area (TPSA) is 39.7 Å². The highest BCUT2D eigenvalue weighted by Crippen LogP contribution is 2.34. The predicted octanol–water partition coefficient (Wildman–Crippen LogP) is 4.14. The maximum absolute atomic E-state index is 6.43. The van der Waals surface area contributed by atoms with Gasteiger partial charge in [0.2, 0.25) is 0 Å². The Hall–Kier alpha value is -2.30. The number of morpholine rings is 1. The standard InChI is InChI=1S/C22H27NO3/c1-3-9-17(2)25-19-12-7-8-13-20(19)26-22(18-10-5-4-6-11-18)21-16-23-14-15-24-21/h3-8,10-13,17,21-23H,1,9,14-16H2,2H3. The molecule has 1 aliphatic rings. The van der Waals surface area contributed by atoms with Gasteiger partial charge in [0, 0.05) is 19.5 Å². The molecule has 0 saturated carbocycles. The number of para-hydroxylation sites is 2. The third-order valence-electron chi connectivity index (χ3n) is 4.35. The minimum Gasteiger partial charge on any atom is -0.487 e. The van der Waals surface area contributed by atoms with Crippen molar-refractivity contribution in [2.24, 2.45) is 0 Å². The lowest BCUT2D eigenvalue weighted by Gasteiger charge is -2.32. The fourth-order valence-corrected chi connectivity index (χ4v) is 3.06. The second kappa shape index (κ2) is 9.41. The van der Waals surface area contributed by atoms with Crippen molar-refractivity contribution >= 4 is 0 Å². The van der Waals surface area contributed by atoms with E-state index in [4.69, 9.17) is 14.2 Å². The quantitative estimate of drug-likeness (QED) is 0.724. The van der Waals surface area contributed by atoms with E-state index in [9.17, 15) is 0 Å². The Balaban J connectivity index is 1.83. The zero-order valence-corrected chi connectivity index (χ0v) is 15.3. The molecule has 2 aromatic carbocycles. The maximum atomic E-state index is 6.43. The van der Waals surface area contributed by atoms with Gasteiger partial charge in [-0.1, -0.05) is 48.5 Å². The second-order valence-electron chi connectivity index (χ2n) is 6.46. The molecule has 1 saturated heterocycles. The number of hydrogen-bond acceptors (Lipinski definition) is 4. The van der Waals surface area contributed by atoms with Gasteiger partial charge in [-0.05, 0) is 24.6 Å². The molecule has 0 aliphatic carbocycles. The van der Waals surface area contributed by atoms with E-state index in [1.165, 1.54) is 0 Å². The summed E-state index contributed by atoms with van der Waals surface area (Å²) in [6.07, 6.45) is 2.43. The minimum atomic E-state index is -0.205. The summed E-state index contributed by atoms with van der Waals surface area (Å²) in [5.74, 6) is 1.47. The fraction of sp³-hybridized carbons (Fsp3) is 0.364. The molecule has 3 atom stereocenters. The molecule has 1 heterocycles. The largest absolute Gasteiger partial charge is 0.487 e. The van der Waals surface area contributed by atoms with Gasteiger partial charge in [0.15, 0.2) is 17.6 Å². The normalized spacial score (nSPS) is 19.3. The highest BCUT2D eigenvalue weighted by atomic mass is 16.6. The zero-order valence-electron chi connectivity index (χ0n) is 15.3. The molecule has 0 radical (unpaired) electrons. The summed E-state index contributed by atoms with van der Waals surface area (Å²) in [4.78, 5) is 0. The molecule has 138 valence electrons. The van der Waals surface area contributed by atoms with E-state index in [0.717, 1.165) is 36.6 Å². The van der Waals surface area contributed by atoms with E-state index >= 15 is 0 Å². The van der Waals surface area contributed by atoms with Crippen LogP contribution in [-0.4, -0.2) is 31.9 Å². The molecule has 4 heteroatoms. The van der Waals surface area contributed by atoms with Crippen LogP contribution in [0.25, 0.3) is 0 Å². The monoisotopic (exact) mass is 353 g/mol. The molecule has 3 unspecified atom stereocenters. The molecule has 26 heavy (non-hydrogen) atoms. The van der Waals surface area contributed by atoms with Crippen LogP contribution < -0.4 is 14.8 Å². The van der Waals surface area contributed by atoms with E-state index in [0.29, 0.717) is 6.61 Å². The Labute approximate surface area is 155 Å². The molecular formula is C22H27NO3. The number of benzene rings is 2. The summed E-state index contributed by atoms with van der Waals surface area (Å²) in [5, 5.41) is 3.39. The van der Waals surface area contributed by atoms with Gasteiger partial charge < -0.3 is 19.5 Å². The van der Waals surface area contributed by atoms with E-state index in [2.05, 4.69) is 24.0 Å². The van der Waals surface area contributed by atoms with E-state index in [1.807, 2.05) is 55.5 Å². The Bertz CT molecular complexity index is 683. The van der Waals surface area contributed by atoms with Crippen LogP contribution in [0.15, 0.2) is 67.3 Å². The summed E-state index contributed by atoms with van der Waals surface area (Å²) >= 11 is 0. The third-order valence-corrected chi connectivity index (χ3v) is 4.35. The fourth-order valence-electron chi connectivity index (χ4n) is 3.06. The summed E-state index contributed by atoms with van der Waals surface area (Å²) in [6, 6.07) is 18.0. The van der Waals surface area contributed by atoms with Crippen LogP contribution in [-0.2, 0) is 4.74 Å². The van der Waals surface area contributed by atoms with E-state index in [-0.39, 0.29) is 18.3 Å². The highest BCUT2D eigenvalue weighted by molar-refractivity contribution is 5.40. The number of nitrogens with one attached hydrogen (secondary N) is 1. The molecule has 1 N–H and O–H groups in total. The molecule has 0 amide bonds. The van der Waals surface area contributed by atoms with Crippen molar-refractivity contribution in [2.75, 3.05) is 19.7 Å². The maximum Gasteiger partial charge on any atom is 0.162 e. The Morgan fingerprint density at radius 2 is 1.81 bits per heavy atom. The first-order chi connectivity index (χ1) is 12.8. The van der Waals surface area contributed by atoms with Crippen LogP contribution in [0.4, 0.5) is 0 Å². The summed E-state index contributed by atoms with van der Waals surface area (Å²) in [7, 11) is 0. The van der Waals surface area contributed by atoms with Gasteiger partial charge in [0.05, 0.1) is 12.7 Å². The first kappa shape index (κ1) is 18.5. The molecule has 0 bridgehead atoms. The molecule has 1 fully saturated rings. The molecular weight excluding hydrogens is 326 g/mol. The van der Waals surface area contributed by atoms with Crippen molar-refractivity contribution in [1.29, 1.82) is 0 Å². The Kier molecular flexibility index (Phi) is 6.69. The van der Waals surface area contributed by atoms with Crippen LogP contribution in [0, 0.1) is 0 Å². The first-order valence-electron chi connectivity index (χ1n) is 9.18. The summed E-state index contributed by atoms with van der Waals surface area (Å²) in [6.45, 7) is 8.13. The van der Waals surface area contributed by atoms with Gasteiger partial charge in [-0.3, -0.25) is 0 Å². The second-order valence-corrected chi connectivity index (χ2v) is 6.46. The predicted molar refractivity (Wildman–Crippen MR) is 104 cm³/mol. The van der Waals surface area contributed by atoms with Gasteiger partial charge in [-0.25, -0.2) is 0 Å². The van der Waals surface area contributed by atoms with Gasteiger partial charge in [-0.15, -0.1) is 6.58 Å². The van der Waals surface area contributed by atoms with Gasteiger partial charge >= 0.3 is 0 Å². The lowest BCUT2D eigenvalue weighted by molar-refractivity contribution is -0.0441. The summed E-state index contributed by atoms with van der Waals surface area (Å²) in [5.41, 5.74) is 1.09.